The zero-order valence-electron chi connectivity index (χ0n) is 9.73. The lowest BCUT2D eigenvalue weighted by atomic mass is 9.93. The zero-order valence-corrected chi connectivity index (χ0v) is 10.5. The second-order valence-corrected chi connectivity index (χ2v) is 6.99. The van der Waals surface area contributed by atoms with Crippen molar-refractivity contribution in [1.82, 2.24) is 0 Å². The lowest BCUT2D eigenvalue weighted by molar-refractivity contribution is -0.112. The highest BCUT2D eigenvalue weighted by Gasteiger charge is 2.18. The van der Waals surface area contributed by atoms with Crippen molar-refractivity contribution in [2.24, 2.45) is 10.8 Å². The molecule has 0 aliphatic rings. The van der Waals surface area contributed by atoms with Crippen LogP contribution in [0.2, 0.25) is 0 Å². The molecular weight excluding hydrogens is 180 g/mol. The highest BCUT2D eigenvalue weighted by atomic mass is 32.2. The first-order chi connectivity index (χ1) is 5.60. The summed E-state index contributed by atoms with van der Waals surface area (Å²) >= 11 is 1.47. The van der Waals surface area contributed by atoms with Gasteiger partial charge in [0.2, 0.25) is 0 Å². The minimum atomic E-state index is 0.127. The second kappa shape index (κ2) is 4.50. The van der Waals surface area contributed by atoms with Gasteiger partial charge in [-0.05, 0) is 10.8 Å². The smallest absolute Gasteiger partial charge is 0.189 e. The normalized spacial score (nSPS) is 13.1. The molecule has 1 nitrogen and oxygen atoms in total. The lowest BCUT2D eigenvalue weighted by Crippen LogP contribution is -2.14. The first-order valence-electron chi connectivity index (χ1n) is 4.76. The maximum atomic E-state index is 11.5. The third kappa shape index (κ3) is 9.94. The van der Waals surface area contributed by atoms with Crippen LogP contribution < -0.4 is 0 Å². The fourth-order valence-electron chi connectivity index (χ4n) is 0.781. The quantitative estimate of drug-likeness (QED) is 0.678. The fraction of sp³-hybridized carbons (Fsp3) is 0.909. The van der Waals surface area contributed by atoms with E-state index in [-0.39, 0.29) is 10.8 Å². The third-order valence-corrected chi connectivity index (χ3v) is 2.82. The number of rotatable bonds is 2. The van der Waals surface area contributed by atoms with Crippen LogP contribution in [0.5, 0.6) is 0 Å². The van der Waals surface area contributed by atoms with Gasteiger partial charge in [0.05, 0.1) is 0 Å². The highest BCUT2D eigenvalue weighted by molar-refractivity contribution is 8.13. The molecule has 78 valence electrons. The van der Waals surface area contributed by atoms with E-state index < -0.39 is 0 Å². The Bertz CT molecular complexity index is 172. The Kier molecular flexibility index (Phi) is 4.50. The van der Waals surface area contributed by atoms with Gasteiger partial charge < -0.3 is 0 Å². The standard InChI is InChI=1S/C11H22OS/c1-10(2,3)7-9(12)13-8-11(4,5)6/h7-8H2,1-6H3. The molecule has 0 aliphatic carbocycles. The van der Waals surface area contributed by atoms with E-state index in [2.05, 4.69) is 41.5 Å². The summed E-state index contributed by atoms with van der Waals surface area (Å²) in [6, 6.07) is 0. The number of thioether (sulfide) groups is 1. The van der Waals surface area contributed by atoms with Crippen molar-refractivity contribution in [1.29, 1.82) is 0 Å². The van der Waals surface area contributed by atoms with Crippen molar-refractivity contribution in [3.63, 3.8) is 0 Å². The van der Waals surface area contributed by atoms with E-state index in [0.29, 0.717) is 11.5 Å². The number of hydrogen-bond donors (Lipinski definition) is 0. The molecule has 0 atom stereocenters. The Morgan fingerprint density at radius 2 is 1.46 bits per heavy atom. The van der Waals surface area contributed by atoms with Crippen LogP contribution in [-0.2, 0) is 4.79 Å². The molecule has 0 radical (unpaired) electrons. The van der Waals surface area contributed by atoms with Crippen LogP contribution in [0.4, 0.5) is 0 Å². The van der Waals surface area contributed by atoms with Gasteiger partial charge in [-0.3, -0.25) is 4.79 Å². The fourth-order valence-corrected chi connectivity index (χ4v) is 1.91. The van der Waals surface area contributed by atoms with Crippen LogP contribution >= 0.6 is 11.8 Å². The van der Waals surface area contributed by atoms with Crippen LogP contribution in [0, 0.1) is 10.8 Å². The van der Waals surface area contributed by atoms with E-state index in [0.717, 1.165) is 5.75 Å². The van der Waals surface area contributed by atoms with Gasteiger partial charge in [-0.15, -0.1) is 0 Å². The van der Waals surface area contributed by atoms with Gasteiger partial charge in [0, 0.05) is 12.2 Å². The molecule has 2 heteroatoms. The van der Waals surface area contributed by atoms with Gasteiger partial charge in [0.1, 0.15) is 0 Å². The maximum Gasteiger partial charge on any atom is 0.189 e. The molecule has 13 heavy (non-hydrogen) atoms. The average Bonchev–Trinajstić information content (AvgIpc) is 1.78. The van der Waals surface area contributed by atoms with Gasteiger partial charge in [0.25, 0.3) is 0 Å². The van der Waals surface area contributed by atoms with Crippen LogP contribution in [0.15, 0.2) is 0 Å². The monoisotopic (exact) mass is 202 g/mol. The van der Waals surface area contributed by atoms with E-state index in [9.17, 15) is 4.79 Å². The second-order valence-electron chi connectivity index (χ2n) is 5.96. The summed E-state index contributed by atoms with van der Waals surface area (Å²) < 4.78 is 0. The summed E-state index contributed by atoms with van der Waals surface area (Å²) in [5.41, 5.74) is 0.375. The van der Waals surface area contributed by atoms with Crippen LogP contribution in [0.25, 0.3) is 0 Å². The van der Waals surface area contributed by atoms with Gasteiger partial charge >= 0.3 is 0 Å². The van der Waals surface area contributed by atoms with Crippen molar-refractivity contribution < 1.29 is 4.79 Å². The van der Waals surface area contributed by atoms with Crippen LogP contribution in [0.3, 0.4) is 0 Å². The number of carbonyl (C=O) groups is 1. The van der Waals surface area contributed by atoms with Gasteiger partial charge in [0.15, 0.2) is 5.12 Å². The molecule has 0 rings (SSSR count). The lowest BCUT2D eigenvalue weighted by Gasteiger charge is -2.19. The van der Waals surface area contributed by atoms with E-state index >= 15 is 0 Å². The number of hydrogen-bond acceptors (Lipinski definition) is 2. The summed E-state index contributed by atoms with van der Waals surface area (Å²) in [6.07, 6.45) is 0.674. The van der Waals surface area contributed by atoms with E-state index in [4.69, 9.17) is 0 Å². The minimum Gasteiger partial charge on any atom is -0.287 e. The first kappa shape index (κ1) is 13.0. The molecule has 0 fully saturated rings. The van der Waals surface area contributed by atoms with Crippen molar-refractivity contribution in [3.05, 3.63) is 0 Å². The van der Waals surface area contributed by atoms with Crippen LogP contribution in [0.1, 0.15) is 48.0 Å². The molecule has 0 heterocycles. The predicted molar refractivity (Wildman–Crippen MR) is 61.0 cm³/mol. The molecule has 0 aromatic rings. The molecular formula is C11H22OS. The molecule has 0 unspecified atom stereocenters. The Labute approximate surface area is 86.7 Å². The Morgan fingerprint density at radius 1 is 1.00 bits per heavy atom. The van der Waals surface area contributed by atoms with Crippen LogP contribution in [-0.4, -0.2) is 10.9 Å². The van der Waals surface area contributed by atoms with Crippen molar-refractivity contribution >= 4 is 16.9 Å². The zero-order chi connectivity index (χ0) is 10.7. The first-order valence-corrected chi connectivity index (χ1v) is 5.74. The summed E-state index contributed by atoms with van der Waals surface area (Å²) in [7, 11) is 0. The van der Waals surface area contributed by atoms with Crippen molar-refractivity contribution in [2.45, 2.75) is 48.0 Å². The SMILES string of the molecule is CC(C)(C)CSC(=O)CC(C)(C)C. The van der Waals surface area contributed by atoms with Crippen molar-refractivity contribution in [3.8, 4) is 0 Å². The summed E-state index contributed by atoms with van der Waals surface area (Å²) in [5, 5.41) is 0.322. The Balaban J connectivity index is 3.78. The largest absolute Gasteiger partial charge is 0.287 e. The molecule has 0 N–H and O–H groups in total. The van der Waals surface area contributed by atoms with E-state index in [1.807, 2.05) is 0 Å². The minimum absolute atomic E-state index is 0.127. The molecule has 0 saturated heterocycles. The summed E-state index contributed by atoms with van der Waals surface area (Å²) in [4.78, 5) is 11.5. The topological polar surface area (TPSA) is 17.1 Å². The summed E-state index contributed by atoms with van der Waals surface area (Å²) in [5.74, 6) is 0.919. The number of carbonyl (C=O) groups excluding carboxylic acids is 1. The van der Waals surface area contributed by atoms with Crippen molar-refractivity contribution in [2.75, 3.05) is 5.75 Å². The Morgan fingerprint density at radius 3 is 1.77 bits per heavy atom. The van der Waals surface area contributed by atoms with Gasteiger partial charge in [-0.25, -0.2) is 0 Å². The average molecular weight is 202 g/mol. The maximum absolute atomic E-state index is 11.5. The van der Waals surface area contributed by atoms with Gasteiger partial charge in [-0.2, -0.15) is 0 Å². The summed E-state index contributed by atoms with van der Waals surface area (Å²) in [6.45, 7) is 12.8. The van der Waals surface area contributed by atoms with E-state index in [1.54, 1.807) is 0 Å². The molecule has 0 aromatic heterocycles. The predicted octanol–water partition coefficient (Wildman–Crippen LogP) is 3.73. The van der Waals surface area contributed by atoms with E-state index in [1.165, 1.54) is 11.8 Å². The molecule has 0 aromatic carbocycles. The third-order valence-electron chi connectivity index (χ3n) is 1.34. The molecule has 0 spiro atoms. The van der Waals surface area contributed by atoms with Gasteiger partial charge in [-0.1, -0.05) is 53.3 Å². The molecule has 0 bridgehead atoms. The highest BCUT2D eigenvalue weighted by Crippen LogP contribution is 2.26. The molecule has 0 amide bonds. The molecule has 0 saturated carbocycles. The molecule has 0 aliphatic heterocycles. The Hall–Kier alpha value is 0.0200.